The molecule has 1 unspecified atom stereocenters. The number of hydrazone groups is 1. The van der Waals surface area contributed by atoms with Crippen molar-refractivity contribution in [2.75, 3.05) is 18.6 Å². The lowest BCUT2D eigenvalue weighted by Gasteiger charge is -2.10. The Hall–Kier alpha value is -2.47. The van der Waals surface area contributed by atoms with E-state index in [9.17, 15) is 0 Å². The van der Waals surface area contributed by atoms with Crippen molar-refractivity contribution < 1.29 is 9.47 Å². The molecule has 0 radical (unpaired) electrons. The van der Waals surface area contributed by atoms with Gasteiger partial charge in [-0.2, -0.15) is 5.10 Å². The maximum absolute atomic E-state index is 5.79. The van der Waals surface area contributed by atoms with Crippen molar-refractivity contribution in [3.8, 4) is 17.0 Å². The normalized spacial score (nSPS) is 16.0. The molecule has 1 atom stereocenters. The summed E-state index contributed by atoms with van der Waals surface area (Å²) in [6.07, 6.45) is 0.223. The number of para-hydroxylation sites is 1. The minimum absolute atomic E-state index is 0.223. The Morgan fingerprint density at radius 1 is 1.27 bits per heavy atom. The fourth-order valence-electron chi connectivity index (χ4n) is 1.86. The summed E-state index contributed by atoms with van der Waals surface area (Å²) in [5.41, 5.74) is 5.45. The molecule has 0 spiro atoms. The lowest BCUT2D eigenvalue weighted by molar-refractivity contribution is 0.264. The molecule has 2 heterocycles. The average molecular weight is 298 g/mol. The van der Waals surface area contributed by atoms with Gasteiger partial charge in [0.1, 0.15) is 18.5 Å². The Bertz CT molecular complexity index is 662. The summed E-state index contributed by atoms with van der Waals surface area (Å²) in [6, 6.07) is 11.5. The zero-order valence-corrected chi connectivity index (χ0v) is 12.6. The fourth-order valence-corrected chi connectivity index (χ4v) is 1.86. The number of epoxide rings is 1. The van der Waals surface area contributed by atoms with Crippen LogP contribution in [0.4, 0.5) is 5.82 Å². The summed E-state index contributed by atoms with van der Waals surface area (Å²) < 4.78 is 11.0. The molecule has 6 heteroatoms. The van der Waals surface area contributed by atoms with Crippen molar-refractivity contribution in [2.24, 2.45) is 5.10 Å². The van der Waals surface area contributed by atoms with Crippen molar-refractivity contribution in [3.63, 3.8) is 0 Å². The molecule has 1 aromatic heterocycles. The summed E-state index contributed by atoms with van der Waals surface area (Å²) in [4.78, 5) is 0. The minimum Gasteiger partial charge on any atom is -0.490 e. The van der Waals surface area contributed by atoms with Crippen LogP contribution in [0.15, 0.2) is 41.5 Å². The molecule has 0 bridgehead atoms. The van der Waals surface area contributed by atoms with Crippen LogP contribution in [-0.4, -0.2) is 35.2 Å². The Morgan fingerprint density at radius 3 is 2.77 bits per heavy atom. The highest BCUT2D eigenvalue weighted by Gasteiger charge is 2.23. The molecule has 1 aromatic carbocycles. The van der Waals surface area contributed by atoms with Crippen molar-refractivity contribution in [2.45, 2.75) is 20.0 Å². The molecule has 2 aromatic rings. The van der Waals surface area contributed by atoms with E-state index in [4.69, 9.17) is 9.47 Å². The van der Waals surface area contributed by atoms with Crippen molar-refractivity contribution in [1.29, 1.82) is 0 Å². The van der Waals surface area contributed by atoms with Crippen LogP contribution >= 0.6 is 0 Å². The number of hydrogen-bond donors (Lipinski definition) is 1. The van der Waals surface area contributed by atoms with Crippen LogP contribution in [0.2, 0.25) is 0 Å². The van der Waals surface area contributed by atoms with E-state index in [1.54, 1.807) is 0 Å². The highest BCUT2D eigenvalue weighted by atomic mass is 16.6. The predicted molar refractivity (Wildman–Crippen MR) is 85.1 cm³/mol. The Morgan fingerprint density at radius 2 is 2.09 bits per heavy atom. The van der Waals surface area contributed by atoms with Gasteiger partial charge in [0.2, 0.25) is 0 Å². The van der Waals surface area contributed by atoms with Crippen molar-refractivity contribution in [3.05, 3.63) is 36.4 Å². The first-order valence-electron chi connectivity index (χ1n) is 7.17. The fraction of sp³-hybridized carbons (Fsp3) is 0.312. The summed E-state index contributed by atoms with van der Waals surface area (Å²) in [5.74, 6) is 1.39. The number of benzene rings is 1. The predicted octanol–water partition coefficient (Wildman–Crippen LogP) is 2.73. The van der Waals surface area contributed by atoms with Gasteiger partial charge < -0.3 is 9.47 Å². The third kappa shape index (κ3) is 3.79. The third-order valence-corrected chi connectivity index (χ3v) is 3.05. The van der Waals surface area contributed by atoms with Crippen LogP contribution in [0, 0.1) is 0 Å². The van der Waals surface area contributed by atoms with E-state index in [1.807, 2.05) is 50.2 Å². The van der Waals surface area contributed by atoms with Gasteiger partial charge in [-0.1, -0.05) is 12.1 Å². The van der Waals surface area contributed by atoms with Gasteiger partial charge in [-0.25, -0.2) is 0 Å². The zero-order chi connectivity index (χ0) is 15.4. The first-order valence-corrected chi connectivity index (χ1v) is 7.17. The highest BCUT2D eigenvalue weighted by molar-refractivity contribution is 5.79. The molecule has 1 saturated heterocycles. The van der Waals surface area contributed by atoms with Crippen LogP contribution in [0.3, 0.4) is 0 Å². The molecule has 1 aliphatic rings. The molecule has 0 saturated carbocycles. The van der Waals surface area contributed by atoms with Crippen LogP contribution < -0.4 is 10.2 Å². The summed E-state index contributed by atoms with van der Waals surface area (Å²) in [6.45, 7) is 5.16. The second-order valence-electron chi connectivity index (χ2n) is 5.24. The maximum Gasteiger partial charge on any atom is 0.168 e. The molecule has 6 nitrogen and oxygen atoms in total. The Kier molecular flexibility index (Phi) is 4.29. The topological polar surface area (TPSA) is 71.9 Å². The third-order valence-electron chi connectivity index (χ3n) is 3.05. The molecular weight excluding hydrogens is 280 g/mol. The van der Waals surface area contributed by atoms with E-state index in [2.05, 4.69) is 20.7 Å². The van der Waals surface area contributed by atoms with Gasteiger partial charge in [-0.3, -0.25) is 5.43 Å². The van der Waals surface area contributed by atoms with Crippen LogP contribution in [0.25, 0.3) is 11.3 Å². The molecular formula is C16H18N4O2. The first kappa shape index (κ1) is 14.5. The van der Waals surface area contributed by atoms with E-state index in [0.29, 0.717) is 12.4 Å². The lowest BCUT2D eigenvalue weighted by atomic mass is 10.1. The molecule has 0 aliphatic carbocycles. The first-order chi connectivity index (χ1) is 10.7. The Balaban J connectivity index is 1.76. The highest BCUT2D eigenvalue weighted by Crippen LogP contribution is 2.29. The summed E-state index contributed by atoms with van der Waals surface area (Å²) in [7, 11) is 0. The quantitative estimate of drug-likeness (QED) is 0.504. The monoisotopic (exact) mass is 298 g/mol. The summed E-state index contributed by atoms with van der Waals surface area (Å²) >= 11 is 0. The van der Waals surface area contributed by atoms with E-state index in [1.165, 1.54) is 0 Å². The number of hydrogen-bond acceptors (Lipinski definition) is 6. The number of ether oxygens (including phenoxy) is 2. The molecule has 1 fully saturated rings. The standard InChI is InChI=1S/C16H18N4O2/c1-11(2)17-19-16-8-7-14(18-20-16)13-5-3-4-6-15(13)22-10-12-9-21-12/h3-8,12H,9-10H2,1-2H3,(H,19,20). The summed E-state index contributed by atoms with van der Waals surface area (Å²) in [5, 5.41) is 12.5. The van der Waals surface area contributed by atoms with Crippen molar-refractivity contribution >= 4 is 11.5 Å². The van der Waals surface area contributed by atoms with Crippen LogP contribution in [0.5, 0.6) is 5.75 Å². The second kappa shape index (κ2) is 6.53. The van der Waals surface area contributed by atoms with E-state index < -0.39 is 0 Å². The molecule has 1 aliphatic heterocycles. The number of aromatic nitrogens is 2. The number of anilines is 1. The molecule has 0 amide bonds. The van der Waals surface area contributed by atoms with Crippen LogP contribution in [0.1, 0.15) is 13.8 Å². The lowest BCUT2D eigenvalue weighted by Crippen LogP contribution is -2.05. The van der Waals surface area contributed by atoms with Gasteiger partial charge in [0.15, 0.2) is 5.82 Å². The molecule has 3 rings (SSSR count). The van der Waals surface area contributed by atoms with Crippen molar-refractivity contribution in [1.82, 2.24) is 10.2 Å². The van der Waals surface area contributed by atoms with Gasteiger partial charge in [0, 0.05) is 11.3 Å². The SMILES string of the molecule is CC(C)=NNc1ccc(-c2ccccc2OCC2CO2)nn1. The minimum atomic E-state index is 0.223. The molecule has 114 valence electrons. The second-order valence-corrected chi connectivity index (χ2v) is 5.24. The number of rotatable bonds is 6. The number of nitrogens with zero attached hydrogens (tertiary/aromatic N) is 3. The van der Waals surface area contributed by atoms with E-state index in [0.717, 1.165) is 29.3 Å². The molecule has 22 heavy (non-hydrogen) atoms. The van der Waals surface area contributed by atoms with Gasteiger partial charge in [-0.15, -0.1) is 10.2 Å². The van der Waals surface area contributed by atoms with Crippen LogP contribution in [-0.2, 0) is 4.74 Å². The number of nitrogens with one attached hydrogen (secondary N) is 1. The largest absolute Gasteiger partial charge is 0.490 e. The van der Waals surface area contributed by atoms with Gasteiger partial charge in [0.25, 0.3) is 0 Å². The molecule has 1 N–H and O–H groups in total. The van der Waals surface area contributed by atoms with Gasteiger partial charge in [-0.05, 0) is 38.1 Å². The average Bonchev–Trinajstić information content (AvgIpc) is 3.36. The smallest absolute Gasteiger partial charge is 0.168 e. The van der Waals surface area contributed by atoms with E-state index in [-0.39, 0.29) is 6.10 Å². The van der Waals surface area contributed by atoms with Gasteiger partial charge >= 0.3 is 0 Å². The maximum atomic E-state index is 5.79. The zero-order valence-electron chi connectivity index (χ0n) is 12.6. The van der Waals surface area contributed by atoms with E-state index >= 15 is 0 Å². The van der Waals surface area contributed by atoms with Gasteiger partial charge in [0.05, 0.1) is 12.3 Å². The Labute approximate surface area is 129 Å².